The maximum atomic E-state index is 11.1. The van der Waals surface area contributed by atoms with Crippen LogP contribution in [0.5, 0.6) is 0 Å². The molecule has 5 heteroatoms. The van der Waals surface area contributed by atoms with Gasteiger partial charge in [0.1, 0.15) is 5.69 Å². The van der Waals surface area contributed by atoms with E-state index in [-0.39, 0.29) is 0 Å². The van der Waals surface area contributed by atoms with Gasteiger partial charge in [0.25, 0.3) is 5.91 Å². The van der Waals surface area contributed by atoms with Crippen LogP contribution in [0.15, 0.2) is 18.3 Å². The Morgan fingerprint density at radius 1 is 1.67 bits per heavy atom. The summed E-state index contributed by atoms with van der Waals surface area (Å²) in [4.78, 5) is 17.4. The molecule has 1 amide bonds. The van der Waals surface area contributed by atoms with E-state index < -0.39 is 5.91 Å². The molecule has 0 saturated carbocycles. The summed E-state index contributed by atoms with van der Waals surface area (Å²) < 4.78 is 0. The van der Waals surface area contributed by atoms with Crippen molar-refractivity contribution in [3.05, 3.63) is 24.0 Å². The predicted molar refractivity (Wildman–Crippen MR) is 71.6 cm³/mol. The van der Waals surface area contributed by atoms with E-state index in [1.807, 2.05) is 13.1 Å². The van der Waals surface area contributed by atoms with Gasteiger partial charge in [-0.05, 0) is 44.5 Å². The number of amides is 1. The Hall–Kier alpha value is -1.62. The van der Waals surface area contributed by atoms with Crippen molar-refractivity contribution in [1.29, 1.82) is 0 Å². The third-order valence-corrected chi connectivity index (χ3v) is 3.37. The Morgan fingerprint density at radius 2 is 2.50 bits per heavy atom. The van der Waals surface area contributed by atoms with Crippen LogP contribution in [0.1, 0.15) is 23.3 Å². The quantitative estimate of drug-likeness (QED) is 0.819. The molecule has 1 aromatic rings. The molecule has 1 fully saturated rings. The van der Waals surface area contributed by atoms with Crippen molar-refractivity contribution < 1.29 is 4.79 Å². The number of nitrogens with one attached hydrogen (secondary N) is 1. The molecule has 18 heavy (non-hydrogen) atoms. The number of carbonyl (C=O) groups excluding carboxylic acids is 1. The highest BCUT2D eigenvalue weighted by molar-refractivity contribution is 5.91. The first kappa shape index (κ1) is 12.8. The molecule has 5 nitrogen and oxygen atoms in total. The van der Waals surface area contributed by atoms with E-state index in [1.165, 1.54) is 12.8 Å². The van der Waals surface area contributed by atoms with Gasteiger partial charge in [-0.1, -0.05) is 0 Å². The molecule has 98 valence electrons. The van der Waals surface area contributed by atoms with Crippen LogP contribution in [-0.2, 0) is 0 Å². The lowest BCUT2D eigenvalue weighted by Crippen LogP contribution is -2.39. The second kappa shape index (κ2) is 5.82. The maximum Gasteiger partial charge on any atom is 0.267 e. The molecular formula is C13H20N4O. The Morgan fingerprint density at radius 3 is 3.22 bits per heavy atom. The number of hydrogen-bond donors (Lipinski definition) is 2. The van der Waals surface area contributed by atoms with E-state index in [4.69, 9.17) is 5.73 Å². The van der Waals surface area contributed by atoms with E-state index >= 15 is 0 Å². The second-order valence-electron chi connectivity index (χ2n) is 4.78. The molecule has 1 aromatic heterocycles. The van der Waals surface area contributed by atoms with E-state index in [0.717, 1.165) is 25.3 Å². The summed E-state index contributed by atoms with van der Waals surface area (Å²) in [5.41, 5.74) is 6.63. The molecule has 0 bridgehead atoms. The van der Waals surface area contributed by atoms with Gasteiger partial charge in [0.2, 0.25) is 0 Å². The number of nitrogens with two attached hydrogens (primary N) is 1. The number of rotatable bonds is 4. The monoisotopic (exact) mass is 248 g/mol. The molecule has 0 aromatic carbocycles. The predicted octanol–water partition coefficient (Wildman–Crippen LogP) is 0.616. The third-order valence-electron chi connectivity index (χ3n) is 3.37. The van der Waals surface area contributed by atoms with Crippen LogP contribution in [-0.4, -0.2) is 37.6 Å². The Kier molecular flexibility index (Phi) is 4.15. The van der Waals surface area contributed by atoms with Crippen LogP contribution in [0, 0.1) is 5.92 Å². The fraction of sp³-hybridized carbons (Fsp3) is 0.538. The molecule has 1 atom stereocenters. The number of primary amides is 1. The van der Waals surface area contributed by atoms with Gasteiger partial charge in [-0.3, -0.25) is 9.78 Å². The lowest BCUT2D eigenvalue weighted by Gasteiger charge is -2.34. The number of hydrogen-bond acceptors (Lipinski definition) is 4. The van der Waals surface area contributed by atoms with Gasteiger partial charge >= 0.3 is 0 Å². The largest absolute Gasteiger partial charge is 0.371 e. The van der Waals surface area contributed by atoms with Crippen LogP contribution in [0.4, 0.5) is 5.69 Å². The lowest BCUT2D eigenvalue weighted by molar-refractivity contribution is 0.0995. The first-order chi connectivity index (χ1) is 8.70. The fourth-order valence-electron chi connectivity index (χ4n) is 2.51. The van der Waals surface area contributed by atoms with Crippen molar-refractivity contribution in [1.82, 2.24) is 10.3 Å². The zero-order valence-corrected chi connectivity index (χ0v) is 10.7. The summed E-state index contributed by atoms with van der Waals surface area (Å²) in [6, 6.07) is 3.72. The molecule has 1 aliphatic rings. The number of carbonyl (C=O) groups is 1. The minimum absolute atomic E-state index is 0.336. The van der Waals surface area contributed by atoms with Gasteiger partial charge in [0, 0.05) is 25.0 Å². The molecular weight excluding hydrogens is 228 g/mol. The van der Waals surface area contributed by atoms with Crippen molar-refractivity contribution in [2.24, 2.45) is 11.7 Å². The Balaban J connectivity index is 2.10. The summed E-state index contributed by atoms with van der Waals surface area (Å²) in [5.74, 6) is 0.189. The Bertz CT molecular complexity index is 419. The first-order valence-corrected chi connectivity index (χ1v) is 6.36. The average molecular weight is 248 g/mol. The number of aromatic nitrogens is 1. The normalized spacial score (nSPS) is 19.8. The number of nitrogens with zero attached hydrogens (tertiary/aromatic N) is 2. The standard InChI is InChI=1S/C13H20N4O/c1-15-8-10-3-2-6-17(9-10)11-4-5-16-12(7-11)13(14)18/h4-5,7,10,15H,2-3,6,8-9H2,1H3,(H2,14,18). The highest BCUT2D eigenvalue weighted by Crippen LogP contribution is 2.22. The minimum Gasteiger partial charge on any atom is -0.371 e. The first-order valence-electron chi connectivity index (χ1n) is 6.36. The second-order valence-corrected chi connectivity index (χ2v) is 4.78. The molecule has 1 aliphatic heterocycles. The van der Waals surface area contributed by atoms with Crippen LogP contribution in [0.25, 0.3) is 0 Å². The third kappa shape index (κ3) is 2.98. The van der Waals surface area contributed by atoms with Gasteiger partial charge in [-0.25, -0.2) is 0 Å². The summed E-state index contributed by atoms with van der Waals surface area (Å²) in [5, 5.41) is 3.23. The highest BCUT2D eigenvalue weighted by Gasteiger charge is 2.20. The zero-order valence-electron chi connectivity index (χ0n) is 10.7. The maximum absolute atomic E-state index is 11.1. The van der Waals surface area contributed by atoms with Crippen LogP contribution in [0.2, 0.25) is 0 Å². The topological polar surface area (TPSA) is 71.2 Å². The molecule has 1 saturated heterocycles. The molecule has 2 rings (SSSR count). The number of piperidine rings is 1. The summed E-state index contributed by atoms with van der Waals surface area (Å²) in [7, 11) is 1.98. The molecule has 0 aliphatic carbocycles. The van der Waals surface area contributed by atoms with Gasteiger partial charge in [0.15, 0.2) is 0 Å². The number of pyridine rings is 1. The summed E-state index contributed by atoms with van der Waals surface area (Å²) in [6.45, 7) is 3.08. The van der Waals surface area contributed by atoms with E-state index in [2.05, 4.69) is 15.2 Å². The minimum atomic E-state index is -0.472. The smallest absolute Gasteiger partial charge is 0.267 e. The highest BCUT2D eigenvalue weighted by atomic mass is 16.1. The SMILES string of the molecule is CNCC1CCCN(c2ccnc(C(N)=O)c2)C1. The van der Waals surface area contributed by atoms with E-state index in [9.17, 15) is 4.79 Å². The van der Waals surface area contributed by atoms with Crippen molar-refractivity contribution in [2.75, 3.05) is 31.6 Å². The molecule has 3 N–H and O–H groups in total. The van der Waals surface area contributed by atoms with Crippen molar-refractivity contribution in [3.63, 3.8) is 0 Å². The zero-order chi connectivity index (χ0) is 13.0. The van der Waals surface area contributed by atoms with Crippen LogP contribution in [0.3, 0.4) is 0 Å². The van der Waals surface area contributed by atoms with Crippen molar-refractivity contribution in [3.8, 4) is 0 Å². The van der Waals surface area contributed by atoms with Gasteiger partial charge < -0.3 is 16.0 Å². The summed E-state index contributed by atoms with van der Waals surface area (Å²) in [6.07, 6.45) is 4.09. The van der Waals surface area contributed by atoms with Crippen molar-refractivity contribution in [2.45, 2.75) is 12.8 Å². The van der Waals surface area contributed by atoms with Crippen LogP contribution >= 0.6 is 0 Å². The lowest BCUT2D eigenvalue weighted by atomic mass is 9.97. The Labute approximate surface area is 107 Å². The molecule has 1 unspecified atom stereocenters. The fourth-order valence-corrected chi connectivity index (χ4v) is 2.51. The van der Waals surface area contributed by atoms with E-state index in [0.29, 0.717) is 11.6 Å². The molecule has 0 spiro atoms. The van der Waals surface area contributed by atoms with Gasteiger partial charge in [-0.2, -0.15) is 0 Å². The summed E-state index contributed by atoms with van der Waals surface area (Å²) >= 11 is 0. The van der Waals surface area contributed by atoms with E-state index in [1.54, 1.807) is 12.3 Å². The molecule has 2 heterocycles. The molecule has 0 radical (unpaired) electrons. The van der Waals surface area contributed by atoms with Gasteiger partial charge in [-0.15, -0.1) is 0 Å². The van der Waals surface area contributed by atoms with Crippen molar-refractivity contribution >= 4 is 11.6 Å². The van der Waals surface area contributed by atoms with Gasteiger partial charge in [0.05, 0.1) is 0 Å². The number of anilines is 1. The van der Waals surface area contributed by atoms with Crippen LogP contribution < -0.4 is 16.0 Å². The average Bonchev–Trinajstić information content (AvgIpc) is 2.39.